The second kappa shape index (κ2) is 7.51. The molecule has 0 amide bonds. The van der Waals surface area contributed by atoms with Crippen LogP contribution < -0.4 is 14.2 Å². The summed E-state index contributed by atoms with van der Waals surface area (Å²) in [7, 11) is 4.72. The quantitative estimate of drug-likeness (QED) is 0.660. The molecule has 8 heteroatoms. The van der Waals surface area contributed by atoms with Crippen molar-refractivity contribution in [1.82, 2.24) is 14.8 Å². The fraction of sp³-hybridized carbons (Fsp3) is 0.200. The van der Waals surface area contributed by atoms with Gasteiger partial charge in [0.25, 0.3) is 5.95 Å². The molecule has 28 heavy (non-hydrogen) atoms. The topological polar surface area (TPSA) is 83.1 Å². The highest BCUT2D eigenvalue weighted by Crippen LogP contribution is 2.39. The summed E-state index contributed by atoms with van der Waals surface area (Å²) in [6.45, 7) is 0.499. The third-order valence-corrected chi connectivity index (χ3v) is 4.35. The second-order valence-electron chi connectivity index (χ2n) is 5.97. The molecular weight excluding hydrogens is 358 g/mol. The number of hydrogen-bond acceptors (Lipinski definition) is 7. The van der Waals surface area contributed by atoms with Crippen molar-refractivity contribution in [1.29, 1.82) is 0 Å². The van der Waals surface area contributed by atoms with Gasteiger partial charge in [-0.15, -0.1) is 0 Å². The summed E-state index contributed by atoms with van der Waals surface area (Å²) in [5, 5.41) is 4.26. The molecule has 0 unspecified atom stereocenters. The van der Waals surface area contributed by atoms with Crippen molar-refractivity contribution in [3.8, 4) is 17.2 Å². The van der Waals surface area contributed by atoms with Gasteiger partial charge in [0.15, 0.2) is 17.3 Å². The summed E-state index contributed by atoms with van der Waals surface area (Å²) >= 11 is 0. The molecule has 1 aromatic heterocycles. The van der Waals surface area contributed by atoms with Crippen LogP contribution in [-0.4, -0.2) is 47.6 Å². The van der Waals surface area contributed by atoms with Crippen molar-refractivity contribution >= 4 is 17.5 Å². The van der Waals surface area contributed by atoms with Crippen molar-refractivity contribution in [2.24, 2.45) is 9.98 Å². The molecule has 0 spiro atoms. The van der Waals surface area contributed by atoms with Gasteiger partial charge in [-0.2, -0.15) is 14.8 Å². The normalized spacial score (nSPS) is 14.0. The summed E-state index contributed by atoms with van der Waals surface area (Å²) in [5.74, 6) is 2.70. The molecule has 4 rings (SSSR count). The molecule has 0 N–H and O–H groups in total. The number of methoxy groups -OCH3 is 3. The summed E-state index contributed by atoms with van der Waals surface area (Å²) in [6.07, 6.45) is 1.46. The van der Waals surface area contributed by atoms with E-state index in [-0.39, 0.29) is 0 Å². The van der Waals surface area contributed by atoms with Crippen LogP contribution in [0.1, 0.15) is 11.1 Å². The lowest BCUT2D eigenvalue weighted by Gasteiger charge is -2.14. The minimum Gasteiger partial charge on any atom is -0.493 e. The maximum Gasteiger partial charge on any atom is 0.254 e. The highest BCUT2D eigenvalue weighted by molar-refractivity contribution is 6.50. The molecule has 0 saturated heterocycles. The largest absolute Gasteiger partial charge is 0.493 e. The minimum absolute atomic E-state index is 0.482. The van der Waals surface area contributed by atoms with Gasteiger partial charge in [0.1, 0.15) is 12.0 Å². The summed E-state index contributed by atoms with van der Waals surface area (Å²) in [4.78, 5) is 13.5. The highest BCUT2D eigenvalue weighted by Gasteiger charge is 2.27. The zero-order valence-electron chi connectivity index (χ0n) is 15.8. The van der Waals surface area contributed by atoms with Crippen LogP contribution in [-0.2, 0) is 6.54 Å². The first-order chi connectivity index (χ1) is 13.7. The molecule has 0 radical (unpaired) electrons. The first kappa shape index (κ1) is 17.7. The SMILES string of the molecule is COc1cc(C2=Nc3ncnn3C2=NCc2ccccc2)cc(OC)c1OC. The van der Waals surface area contributed by atoms with Gasteiger partial charge in [0.2, 0.25) is 5.75 Å². The number of aromatic nitrogens is 3. The van der Waals surface area contributed by atoms with Crippen LogP contribution in [0.3, 0.4) is 0 Å². The maximum absolute atomic E-state index is 5.46. The van der Waals surface area contributed by atoms with Crippen molar-refractivity contribution < 1.29 is 14.2 Å². The van der Waals surface area contributed by atoms with E-state index in [9.17, 15) is 0 Å². The van der Waals surface area contributed by atoms with E-state index in [1.165, 1.54) is 6.33 Å². The van der Waals surface area contributed by atoms with Crippen molar-refractivity contribution in [3.63, 3.8) is 0 Å². The zero-order valence-corrected chi connectivity index (χ0v) is 15.8. The highest BCUT2D eigenvalue weighted by atomic mass is 16.5. The summed E-state index contributed by atoms with van der Waals surface area (Å²) < 4.78 is 18.0. The lowest BCUT2D eigenvalue weighted by molar-refractivity contribution is 0.324. The Balaban J connectivity index is 1.79. The molecule has 3 aromatic rings. The second-order valence-corrected chi connectivity index (χ2v) is 5.97. The van der Waals surface area contributed by atoms with Gasteiger partial charge in [-0.25, -0.2) is 4.99 Å². The molecule has 0 aliphatic carbocycles. The molecular formula is C20H19N5O3. The molecule has 0 bridgehead atoms. The lowest BCUT2D eigenvalue weighted by Crippen LogP contribution is -2.20. The number of rotatable bonds is 6. The van der Waals surface area contributed by atoms with E-state index in [0.717, 1.165) is 11.1 Å². The van der Waals surface area contributed by atoms with Crippen LogP contribution in [0.2, 0.25) is 0 Å². The Labute approximate surface area is 162 Å². The average molecular weight is 377 g/mol. The van der Waals surface area contributed by atoms with E-state index in [2.05, 4.69) is 15.1 Å². The fourth-order valence-electron chi connectivity index (χ4n) is 3.01. The number of hydrogen-bond donors (Lipinski definition) is 0. The third-order valence-electron chi connectivity index (χ3n) is 4.35. The van der Waals surface area contributed by atoms with Crippen molar-refractivity contribution in [3.05, 3.63) is 59.9 Å². The van der Waals surface area contributed by atoms with E-state index < -0.39 is 0 Å². The molecule has 2 aromatic carbocycles. The lowest BCUT2D eigenvalue weighted by atomic mass is 10.1. The van der Waals surface area contributed by atoms with Crippen LogP contribution in [0, 0.1) is 0 Å². The van der Waals surface area contributed by atoms with Gasteiger partial charge in [0.05, 0.1) is 27.9 Å². The predicted octanol–water partition coefficient (Wildman–Crippen LogP) is 2.89. The van der Waals surface area contributed by atoms with Gasteiger partial charge in [-0.3, -0.25) is 4.99 Å². The standard InChI is InChI=1S/C20H19N5O3/c1-26-15-9-14(10-16(27-2)18(15)28-3)17-19(25-20(24-17)22-12-23-25)21-11-13-7-5-4-6-8-13/h4-10,12H,11H2,1-3H3. The van der Waals surface area contributed by atoms with Crippen molar-refractivity contribution in [2.75, 3.05) is 21.3 Å². The van der Waals surface area contributed by atoms with Gasteiger partial charge in [0, 0.05) is 5.56 Å². The molecule has 1 aliphatic rings. The van der Waals surface area contributed by atoms with E-state index >= 15 is 0 Å². The first-order valence-electron chi connectivity index (χ1n) is 8.63. The van der Waals surface area contributed by atoms with Crippen LogP contribution in [0.4, 0.5) is 5.95 Å². The first-order valence-corrected chi connectivity index (χ1v) is 8.63. The minimum atomic E-state index is 0.482. The molecule has 0 fully saturated rings. The van der Waals surface area contributed by atoms with Crippen LogP contribution in [0.25, 0.3) is 0 Å². The molecule has 142 valence electrons. The van der Waals surface area contributed by atoms with Gasteiger partial charge in [-0.05, 0) is 17.7 Å². The van der Waals surface area contributed by atoms with E-state index in [0.29, 0.717) is 41.3 Å². The fourth-order valence-corrected chi connectivity index (χ4v) is 3.01. The number of aliphatic imine (C=N–C) groups is 2. The molecule has 1 aliphatic heterocycles. The third kappa shape index (κ3) is 3.09. The molecule has 2 heterocycles. The van der Waals surface area contributed by atoms with Crippen molar-refractivity contribution in [2.45, 2.75) is 6.54 Å². The van der Waals surface area contributed by atoms with Gasteiger partial charge < -0.3 is 14.2 Å². The Hall–Kier alpha value is -3.68. The smallest absolute Gasteiger partial charge is 0.254 e. The number of nitrogens with zero attached hydrogens (tertiary/aromatic N) is 5. The van der Waals surface area contributed by atoms with Crippen LogP contribution in [0.15, 0.2) is 58.8 Å². The Morgan fingerprint density at radius 3 is 2.32 bits per heavy atom. The van der Waals surface area contributed by atoms with E-state index in [4.69, 9.17) is 19.2 Å². The average Bonchev–Trinajstić information content (AvgIpc) is 3.33. The number of fused-ring (bicyclic) bond motifs is 1. The summed E-state index contributed by atoms with van der Waals surface area (Å²) in [5.41, 5.74) is 2.51. The Morgan fingerprint density at radius 1 is 0.964 bits per heavy atom. The maximum atomic E-state index is 5.46. The summed E-state index contributed by atoms with van der Waals surface area (Å²) in [6, 6.07) is 13.7. The monoisotopic (exact) mass is 377 g/mol. The van der Waals surface area contributed by atoms with Crippen LogP contribution in [0.5, 0.6) is 17.2 Å². The Kier molecular flexibility index (Phi) is 4.76. The van der Waals surface area contributed by atoms with Gasteiger partial charge in [-0.1, -0.05) is 30.3 Å². The van der Waals surface area contributed by atoms with Crippen LogP contribution >= 0.6 is 0 Å². The zero-order chi connectivity index (χ0) is 19.5. The molecule has 8 nitrogen and oxygen atoms in total. The Morgan fingerprint density at radius 2 is 1.68 bits per heavy atom. The predicted molar refractivity (Wildman–Crippen MR) is 105 cm³/mol. The number of benzene rings is 2. The number of ether oxygens (including phenoxy) is 3. The van der Waals surface area contributed by atoms with E-state index in [1.54, 1.807) is 26.0 Å². The van der Waals surface area contributed by atoms with E-state index in [1.807, 2.05) is 42.5 Å². The molecule has 0 saturated carbocycles. The Bertz CT molecular complexity index is 1030. The van der Waals surface area contributed by atoms with Gasteiger partial charge >= 0.3 is 0 Å². The molecule has 0 atom stereocenters.